The van der Waals surface area contributed by atoms with Gasteiger partial charge in [0, 0.05) is 32.1 Å². The molecule has 7 heteroatoms. The first kappa shape index (κ1) is 15.7. The van der Waals surface area contributed by atoms with Crippen LogP contribution in [0, 0.1) is 5.92 Å². The largest absolute Gasteiger partial charge is 0.352 e. The topological polar surface area (TPSA) is 56.7 Å². The zero-order valence-electron chi connectivity index (χ0n) is 11.6. The van der Waals surface area contributed by atoms with Gasteiger partial charge in [-0.2, -0.15) is 0 Å². The summed E-state index contributed by atoms with van der Waals surface area (Å²) < 4.78 is 24.2. The minimum absolute atomic E-state index is 0.0185. The smallest absolute Gasteiger partial charge is 0.255 e. The quantitative estimate of drug-likeness (QED) is 0.586. The van der Waals surface area contributed by atoms with Crippen molar-refractivity contribution in [1.29, 1.82) is 0 Å². The number of aliphatic imine (C=N–C) groups is 1. The molecule has 0 saturated carbocycles. The molecule has 0 radical (unpaired) electrons. The van der Waals surface area contributed by atoms with Crippen molar-refractivity contribution in [1.82, 2.24) is 15.5 Å². The number of guanidine groups is 1. The van der Waals surface area contributed by atoms with Crippen LogP contribution in [0.5, 0.6) is 0 Å². The summed E-state index contributed by atoms with van der Waals surface area (Å²) in [7, 11) is 1.53. The van der Waals surface area contributed by atoms with Crippen LogP contribution in [0.4, 0.5) is 8.78 Å². The van der Waals surface area contributed by atoms with E-state index in [9.17, 15) is 13.6 Å². The van der Waals surface area contributed by atoms with Crippen LogP contribution < -0.4 is 10.6 Å². The standard InChI is InChI=1S/C12H22F2N4O/c1-8(2)11(19)18-5-4-9(7-18)17-12(15-3)16-6-10(13)14/h8-10H,4-7H2,1-3H3,(H2,15,16,17). The maximum Gasteiger partial charge on any atom is 0.255 e. The minimum atomic E-state index is -2.42. The van der Waals surface area contributed by atoms with Crippen molar-refractivity contribution < 1.29 is 13.6 Å². The molecular weight excluding hydrogens is 254 g/mol. The number of carbonyl (C=O) groups excluding carboxylic acids is 1. The lowest BCUT2D eigenvalue weighted by Gasteiger charge is -2.20. The Bertz CT molecular complexity index is 334. The Morgan fingerprint density at radius 2 is 2.16 bits per heavy atom. The van der Waals surface area contributed by atoms with Crippen LogP contribution in [0.2, 0.25) is 0 Å². The van der Waals surface area contributed by atoms with E-state index in [4.69, 9.17) is 0 Å². The maximum atomic E-state index is 12.1. The molecule has 1 aliphatic rings. The molecule has 0 spiro atoms. The van der Waals surface area contributed by atoms with Gasteiger partial charge in [0.15, 0.2) is 5.96 Å². The minimum Gasteiger partial charge on any atom is -0.352 e. The van der Waals surface area contributed by atoms with Gasteiger partial charge >= 0.3 is 0 Å². The summed E-state index contributed by atoms with van der Waals surface area (Å²) >= 11 is 0. The number of rotatable bonds is 4. The highest BCUT2D eigenvalue weighted by molar-refractivity contribution is 5.81. The lowest BCUT2D eigenvalue weighted by molar-refractivity contribution is -0.133. The van der Waals surface area contributed by atoms with E-state index >= 15 is 0 Å². The van der Waals surface area contributed by atoms with E-state index in [1.54, 1.807) is 4.90 Å². The fraction of sp³-hybridized carbons (Fsp3) is 0.833. The second-order valence-corrected chi connectivity index (χ2v) is 4.91. The number of nitrogens with zero attached hydrogens (tertiary/aromatic N) is 2. The van der Waals surface area contributed by atoms with E-state index in [0.29, 0.717) is 19.0 Å². The molecule has 1 amide bonds. The molecule has 0 aromatic carbocycles. The molecule has 0 aromatic rings. The third-order valence-electron chi connectivity index (χ3n) is 2.98. The first-order valence-electron chi connectivity index (χ1n) is 6.48. The molecule has 1 aliphatic heterocycles. The summed E-state index contributed by atoms with van der Waals surface area (Å²) in [5.41, 5.74) is 0. The monoisotopic (exact) mass is 276 g/mol. The molecule has 1 atom stereocenters. The van der Waals surface area contributed by atoms with Crippen LogP contribution in [0.25, 0.3) is 0 Å². The summed E-state index contributed by atoms with van der Waals surface area (Å²) in [6, 6.07) is 0.0616. The second-order valence-electron chi connectivity index (χ2n) is 4.91. The zero-order chi connectivity index (χ0) is 14.4. The second kappa shape index (κ2) is 7.25. The van der Waals surface area contributed by atoms with Gasteiger partial charge in [-0.3, -0.25) is 9.79 Å². The van der Waals surface area contributed by atoms with Gasteiger partial charge in [0.1, 0.15) is 0 Å². The molecule has 5 nitrogen and oxygen atoms in total. The molecule has 1 saturated heterocycles. The van der Waals surface area contributed by atoms with E-state index < -0.39 is 13.0 Å². The van der Waals surface area contributed by atoms with E-state index in [0.717, 1.165) is 6.42 Å². The highest BCUT2D eigenvalue weighted by atomic mass is 19.3. The predicted molar refractivity (Wildman–Crippen MR) is 70.3 cm³/mol. The van der Waals surface area contributed by atoms with Gasteiger partial charge in [0.05, 0.1) is 6.54 Å². The summed E-state index contributed by atoms with van der Waals surface area (Å²) in [5, 5.41) is 5.60. The maximum absolute atomic E-state index is 12.1. The number of hydrogen-bond donors (Lipinski definition) is 2. The van der Waals surface area contributed by atoms with Gasteiger partial charge in [-0.1, -0.05) is 13.8 Å². The molecule has 19 heavy (non-hydrogen) atoms. The van der Waals surface area contributed by atoms with Gasteiger partial charge in [0.2, 0.25) is 5.91 Å². The van der Waals surface area contributed by atoms with E-state index in [2.05, 4.69) is 15.6 Å². The Kier molecular flexibility index (Phi) is 5.98. The van der Waals surface area contributed by atoms with Crippen molar-refractivity contribution in [2.24, 2.45) is 10.9 Å². The first-order chi connectivity index (χ1) is 8.93. The van der Waals surface area contributed by atoms with Gasteiger partial charge in [0.25, 0.3) is 6.43 Å². The average molecular weight is 276 g/mol. The van der Waals surface area contributed by atoms with Gasteiger partial charge in [-0.15, -0.1) is 0 Å². The molecule has 0 bridgehead atoms. The number of nitrogens with one attached hydrogen (secondary N) is 2. The van der Waals surface area contributed by atoms with E-state index in [-0.39, 0.29) is 17.9 Å². The Hall–Kier alpha value is -1.40. The number of hydrogen-bond acceptors (Lipinski definition) is 2. The normalized spacial score (nSPS) is 20.3. The Balaban J connectivity index is 2.40. The lowest BCUT2D eigenvalue weighted by atomic mass is 10.2. The van der Waals surface area contributed by atoms with Crippen LogP contribution in [0.3, 0.4) is 0 Å². The van der Waals surface area contributed by atoms with Crippen molar-refractivity contribution in [2.45, 2.75) is 32.7 Å². The molecule has 1 rings (SSSR count). The average Bonchev–Trinajstić information content (AvgIpc) is 2.81. The number of amides is 1. The van der Waals surface area contributed by atoms with Crippen molar-refractivity contribution in [3.8, 4) is 0 Å². The fourth-order valence-electron chi connectivity index (χ4n) is 2.01. The first-order valence-corrected chi connectivity index (χ1v) is 6.48. The third kappa shape index (κ3) is 5.00. The summed E-state index contributed by atoms with van der Waals surface area (Å²) in [4.78, 5) is 17.5. The van der Waals surface area contributed by atoms with Gasteiger partial charge in [-0.05, 0) is 6.42 Å². The van der Waals surface area contributed by atoms with Crippen molar-refractivity contribution >= 4 is 11.9 Å². The van der Waals surface area contributed by atoms with E-state index in [1.807, 2.05) is 13.8 Å². The molecule has 1 heterocycles. The Labute approximate surface area is 112 Å². The Morgan fingerprint density at radius 1 is 1.47 bits per heavy atom. The molecule has 110 valence electrons. The van der Waals surface area contributed by atoms with Crippen LogP contribution >= 0.6 is 0 Å². The van der Waals surface area contributed by atoms with Crippen molar-refractivity contribution in [3.63, 3.8) is 0 Å². The predicted octanol–water partition coefficient (Wildman–Crippen LogP) is 0.673. The summed E-state index contributed by atoms with van der Waals surface area (Å²) in [6.07, 6.45) is -1.62. The van der Waals surface area contributed by atoms with Crippen LogP contribution in [-0.2, 0) is 4.79 Å². The van der Waals surface area contributed by atoms with E-state index in [1.165, 1.54) is 7.05 Å². The molecular formula is C12H22F2N4O. The molecule has 1 fully saturated rings. The highest BCUT2D eigenvalue weighted by Gasteiger charge is 2.27. The molecule has 0 aliphatic carbocycles. The number of halogens is 2. The number of alkyl halides is 2. The zero-order valence-corrected chi connectivity index (χ0v) is 11.6. The molecule has 0 aromatic heterocycles. The SMILES string of the molecule is CN=C(NCC(F)F)NC1CCN(C(=O)C(C)C)C1. The summed E-state index contributed by atoms with van der Waals surface area (Å²) in [6.45, 7) is 4.59. The van der Waals surface area contributed by atoms with Crippen molar-refractivity contribution in [3.05, 3.63) is 0 Å². The number of carbonyl (C=O) groups is 1. The lowest BCUT2D eigenvalue weighted by Crippen LogP contribution is -2.46. The fourth-order valence-corrected chi connectivity index (χ4v) is 2.01. The Morgan fingerprint density at radius 3 is 2.68 bits per heavy atom. The highest BCUT2D eigenvalue weighted by Crippen LogP contribution is 2.12. The van der Waals surface area contributed by atoms with Crippen LogP contribution in [-0.4, -0.2) is 55.9 Å². The van der Waals surface area contributed by atoms with Gasteiger partial charge in [-0.25, -0.2) is 8.78 Å². The van der Waals surface area contributed by atoms with Crippen LogP contribution in [0.15, 0.2) is 4.99 Å². The third-order valence-corrected chi connectivity index (χ3v) is 2.98. The van der Waals surface area contributed by atoms with Gasteiger partial charge < -0.3 is 15.5 Å². The van der Waals surface area contributed by atoms with Crippen LogP contribution in [0.1, 0.15) is 20.3 Å². The van der Waals surface area contributed by atoms with Crippen molar-refractivity contribution in [2.75, 3.05) is 26.7 Å². The number of likely N-dealkylation sites (tertiary alicyclic amines) is 1. The summed E-state index contributed by atoms with van der Waals surface area (Å²) in [5.74, 6) is 0.457. The molecule has 2 N–H and O–H groups in total. The molecule has 1 unspecified atom stereocenters.